The zero-order valence-corrected chi connectivity index (χ0v) is 14.1. The summed E-state index contributed by atoms with van der Waals surface area (Å²) in [5.41, 5.74) is 1.31. The second-order valence-electron chi connectivity index (χ2n) is 7.33. The molecular weight excluding hydrogens is 302 g/mol. The molecule has 1 aromatic rings. The molecule has 4 heteroatoms. The second kappa shape index (κ2) is 7.82. The van der Waals surface area contributed by atoms with E-state index in [2.05, 4.69) is 17.4 Å². The van der Waals surface area contributed by atoms with Crippen LogP contribution in [0.4, 0.5) is 0 Å². The van der Waals surface area contributed by atoms with Crippen LogP contribution in [0.15, 0.2) is 30.3 Å². The van der Waals surface area contributed by atoms with Crippen LogP contribution in [0.2, 0.25) is 0 Å². The molecule has 3 rings (SSSR count). The number of amides is 1. The number of carboxylic acid groups (broad SMARTS) is 1. The Kier molecular flexibility index (Phi) is 5.54. The first kappa shape index (κ1) is 17.0. The summed E-state index contributed by atoms with van der Waals surface area (Å²) in [5, 5.41) is 12.5. The topological polar surface area (TPSA) is 66.4 Å². The lowest BCUT2D eigenvalue weighted by atomic mass is 9.86. The molecule has 1 amide bonds. The molecule has 1 aromatic carbocycles. The van der Waals surface area contributed by atoms with Crippen LogP contribution in [0.5, 0.6) is 0 Å². The molecule has 4 nitrogen and oxygen atoms in total. The number of carboxylic acids is 1. The Bertz CT molecular complexity index is 572. The molecule has 0 bridgehead atoms. The number of carbonyl (C=O) groups excluding carboxylic acids is 1. The van der Waals surface area contributed by atoms with Crippen LogP contribution in [0.1, 0.15) is 62.8 Å². The van der Waals surface area contributed by atoms with Crippen molar-refractivity contribution in [2.75, 3.05) is 0 Å². The standard InChI is InChI=1S/C20H27NO3/c22-19(13-15-12-17(15)14-8-4-3-5-9-14)21-18-11-7-2-1-6-10-16(18)20(23)24/h3-5,8-9,15-18H,1-2,6-7,10-13H2,(H,21,22)(H,23,24)/t15-,16?,17-,18?/m0/s1. The van der Waals surface area contributed by atoms with E-state index < -0.39 is 11.9 Å². The maximum absolute atomic E-state index is 12.4. The van der Waals surface area contributed by atoms with Crippen LogP contribution in [0.25, 0.3) is 0 Å². The van der Waals surface area contributed by atoms with Gasteiger partial charge in [-0.1, -0.05) is 56.0 Å². The number of nitrogens with one attached hydrogen (secondary N) is 1. The summed E-state index contributed by atoms with van der Waals surface area (Å²) in [7, 11) is 0. The molecule has 130 valence electrons. The summed E-state index contributed by atoms with van der Waals surface area (Å²) in [6.07, 6.45) is 7.23. The van der Waals surface area contributed by atoms with Gasteiger partial charge < -0.3 is 10.4 Å². The fourth-order valence-corrected chi connectivity index (χ4v) is 4.04. The third-order valence-electron chi connectivity index (χ3n) is 5.53. The van der Waals surface area contributed by atoms with E-state index in [1.807, 2.05) is 18.2 Å². The molecule has 4 atom stereocenters. The van der Waals surface area contributed by atoms with E-state index in [-0.39, 0.29) is 11.9 Å². The van der Waals surface area contributed by atoms with E-state index in [0.717, 1.165) is 38.5 Å². The van der Waals surface area contributed by atoms with Crippen LogP contribution < -0.4 is 5.32 Å². The molecule has 2 unspecified atom stereocenters. The summed E-state index contributed by atoms with van der Waals surface area (Å²) in [6.45, 7) is 0. The first-order valence-electron chi connectivity index (χ1n) is 9.22. The van der Waals surface area contributed by atoms with E-state index in [9.17, 15) is 14.7 Å². The van der Waals surface area contributed by atoms with Gasteiger partial charge in [-0.15, -0.1) is 0 Å². The Morgan fingerprint density at radius 3 is 2.46 bits per heavy atom. The first-order chi connectivity index (χ1) is 11.6. The molecule has 2 saturated carbocycles. The smallest absolute Gasteiger partial charge is 0.308 e. The zero-order chi connectivity index (χ0) is 16.9. The van der Waals surface area contributed by atoms with Crippen molar-refractivity contribution in [1.82, 2.24) is 5.32 Å². The van der Waals surface area contributed by atoms with E-state index >= 15 is 0 Å². The molecule has 0 saturated heterocycles. The highest BCUT2D eigenvalue weighted by molar-refractivity contribution is 5.78. The molecule has 2 aliphatic rings. The summed E-state index contributed by atoms with van der Waals surface area (Å²) in [4.78, 5) is 23.9. The molecule has 2 fully saturated rings. The highest BCUT2D eigenvalue weighted by Crippen LogP contribution is 2.49. The van der Waals surface area contributed by atoms with Crippen LogP contribution in [-0.2, 0) is 9.59 Å². The van der Waals surface area contributed by atoms with Gasteiger partial charge in [0.1, 0.15) is 0 Å². The molecular formula is C20H27NO3. The van der Waals surface area contributed by atoms with Gasteiger partial charge >= 0.3 is 5.97 Å². The van der Waals surface area contributed by atoms with Gasteiger partial charge in [-0.25, -0.2) is 0 Å². The molecule has 0 aromatic heterocycles. The SMILES string of the molecule is O=C(C[C@@H]1C[C@H]1c1ccccc1)NC1CCCCCCC1C(=O)O. The van der Waals surface area contributed by atoms with Gasteiger partial charge in [0.15, 0.2) is 0 Å². The van der Waals surface area contributed by atoms with Crippen molar-refractivity contribution in [3.05, 3.63) is 35.9 Å². The lowest BCUT2D eigenvalue weighted by Crippen LogP contribution is -2.44. The number of hydrogen-bond donors (Lipinski definition) is 2. The van der Waals surface area contributed by atoms with E-state index in [1.165, 1.54) is 5.56 Å². The van der Waals surface area contributed by atoms with E-state index in [0.29, 0.717) is 24.7 Å². The Hall–Kier alpha value is -1.84. The minimum absolute atomic E-state index is 0.0234. The first-order valence-corrected chi connectivity index (χ1v) is 9.22. The van der Waals surface area contributed by atoms with Crippen molar-refractivity contribution in [2.24, 2.45) is 11.8 Å². The van der Waals surface area contributed by atoms with Gasteiger partial charge in [0, 0.05) is 12.5 Å². The highest BCUT2D eigenvalue weighted by atomic mass is 16.4. The van der Waals surface area contributed by atoms with Crippen molar-refractivity contribution < 1.29 is 14.7 Å². The van der Waals surface area contributed by atoms with Crippen LogP contribution >= 0.6 is 0 Å². The Morgan fingerprint density at radius 2 is 1.75 bits per heavy atom. The lowest BCUT2D eigenvalue weighted by molar-refractivity contribution is -0.143. The van der Waals surface area contributed by atoms with Crippen LogP contribution in [0, 0.1) is 11.8 Å². The molecule has 24 heavy (non-hydrogen) atoms. The zero-order valence-electron chi connectivity index (χ0n) is 14.1. The normalized spacial score (nSPS) is 30.0. The maximum Gasteiger partial charge on any atom is 0.308 e. The Balaban J connectivity index is 1.52. The third kappa shape index (κ3) is 4.37. The van der Waals surface area contributed by atoms with E-state index in [4.69, 9.17) is 0 Å². The predicted molar refractivity (Wildman–Crippen MR) is 92.7 cm³/mol. The Morgan fingerprint density at radius 1 is 1.04 bits per heavy atom. The number of aliphatic carboxylic acids is 1. The fraction of sp³-hybridized carbons (Fsp3) is 0.600. The van der Waals surface area contributed by atoms with Crippen molar-refractivity contribution in [2.45, 2.75) is 63.3 Å². The average Bonchev–Trinajstić information content (AvgIpc) is 3.29. The minimum atomic E-state index is -0.768. The Labute approximate surface area is 143 Å². The third-order valence-corrected chi connectivity index (χ3v) is 5.53. The van der Waals surface area contributed by atoms with Gasteiger partial charge in [-0.2, -0.15) is 0 Å². The van der Waals surface area contributed by atoms with Crippen molar-refractivity contribution in [3.8, 4) is 0 Å². The minimum Gasteiger partial charge on any atom is -0.481 e. The predicted octanol–water partition coefficient (Wildman–Crippen LogP) is 3.72. The van der Waals surface area contributed by atoms with Crippen molar-refractivity contribution in [3.63, 3.8) is 0 Å². The molecule has 2 aliphatic carbocycles. The number of carbonyl (C=O) groups is 2. The van der Waals surface area contributed by atoms with Crippen molar-refractivity contribution in [1.29, 1.82) is 0 Å². The summed E-state index contributed by atoms with van der Waals surface area (Å²) >= 11 is 0. The average molecular weight is 329 g/mol. The van der Waals surface area contributed by atoms with Gasteiger partial charge in [-0.3, -0.25) is 9.59 Å². The number of hydrogen-bond acceptors (Lipinski definition) is 2. The van der Waals surface area contributed by atoms with Gasteiger partial charge in [0.2, 0.25) is 5.91 Å². The highest BCUT2D eigenvalue weighted by Gasteiger charge is 2.40. The summed E-state index contributed by atoms with van der Waals surface area (Å²) in [6, 6.07) is 10.1. The van der Waals surface area contributed by atoms with Gasteiger partial charge in [0.05, 0.1) is 5.92 Å². The number of benzene rings is 1. The molecule has 0 radical (unpaired) electrons. The summed E-state index contributed by atoms with van der Waals surface area (Å²) < 4.78 is 0. The maximum atomic E-state index is 12.4. The second-order valence-corrected chi connectivity index (χ2v) is 7.33. The summed E-state index contributed by atoms with van der Waals surface area (Å²) in [5.74, 6) is -0.279. The van der Waals surface area contributed by atoms with Crippen LogP contribution in [0.3, 0.4) is 0 Å². The monoisotopic (exact) mass is 329 g/mol. The molecule has 0 aliphatic heterocycles. The van der Waals surface area contributed by atoms with Crippen LogP contribution in [-0.4, -0.2) is 23.0 Å². The van der Waals surface area contributed by atoms with E-state index in [1.54, 1.807) is 0 Å². The molecule has 2 N–H and O–H groups in total. The lowest BCUT2D eigenvalue weighted by Gasteiger charge is -2.27. The number of rotatable bonds is 5. The van der Waals surface area contributed by atoms with Gasteiger partial charge in [-0.05, 0) is 36.7 Å². The fourth-order valence-electron chi connectivity index (χ4n) is 4.04. The van der Waals surface area contributed by atoms with Crippen molar-refractivity contribution >= 4 is 11.9 Å². The molecule has 0 spiro atoms. The quantitative estimate of drug-likeness (QED) is 0.865. The van der Waals surface area contributed by atoms with Gasteiger partial charge in [0.25, 0.3) is 0 Å². The largest absolute Gasteiger partial charge is 0.481 e. The molecule has 0 heterocycles.